The molecule has 0 radical (unpaired) electrons. The molecule has 1 aromatic carbocycles. The molecule has 21 heavy (non-hydrogen) atoms. The van der Waals surface area contributed by atoms with Crippen LogP contribution in [0, 0.1) is 6.92 Å². The van der Waals surface area contributed by atoms with Gasteiger partial charge in [-0.15, -0.1) is 0 Å². The number of rotatable bonds is 5. The van der Waals surface area contributed by atoms with Gasteiger partial charge in [0, 0.05) is 18.7 Å². The summed E-state index contributed by atoms with van der Waals surface area (Å²) in [6, 6.07) is 3.58. The highest BCUT2D eigenvalue weighted by molar-refractivity contribution is 5.92. The first-order valence-electron chi connectivity index (χ1n) is 6.14. The number of carbonyl (C=O) groups excluding carboxylic acids is 1. The topological polar surface area (TPSA) is 78.4 Å². The van der Waals surface area contributed by atoms with Gasteiger partial charge in [-0.3, -0.25) is 0 Å². The molecule has 116 valence electrons. The predicted molar refractivity (Wildman–Crippen MR) is 70.4 cm³/mol. The molecule has 0 unspecified atom stereocenters. The number of anilines is 1. The Morgan fingerprint density at radius 3 is 2.48 bits per heavy atom. The lowest BCUT2D eigenvalue weighted by atomic mass is 10.1. The molecule has 0 aliphatic heterocycles. The van der Waals surface area contributed by atoms with Crippen LogP contribution in [0.4, 0.5) is 23.7 Å². The Morgan fingerprint density at radius 2 is 1.95 bits per heavy atom. The van der Waals surface area contributed by atoms with Crippen LogP contribution in [0.15, 0.2) is 18.2 Å². The lowest BCUT2D eigenvalue weighted by Gasteiger charge is -2.10. The van der Waals surface area contributed by atoms with Crippen molar-refractivity contribution in [3.63, 3.8) is 0 Å². The van der Waals surface area contributed by atoms with Crippen molar-refractivity contribution in [2.24, 2.45) is 0 Å². The maximum atomic E-state index is 11.9. The summed E-state index contributed by atoms with van der Waals surface area (Å²) in [6.45, 7) is 1.48. The van der Waals surface area contributed by atoms with E-state index in [0.717, 1.165) is 0 Å². The number of aromatic carboxylic acids is 1. The second-order valence-corrected chi connectivity index (χ2v) is 4.43. The number of nitrogens with one attached hydrogen (secondary N) is 2. The number of carboxylic acid groups (broad SMARTS) is 1. The lowest BCUT2D eigenvalue weighted by molar-refractivity contribution is -0.135. The van der Waals surface area contributed by atoms with Crippen LogP contribution in [0.1, 0.15) is 28.8 Å². The van der Waals surface area contributed by atoms with E-state index in [1.807, 2.05) is 0 Å². The summed E-state index contributed by atoms with van der Waals surface area (Å²) in [4.78, 5) is 22.3. The Balaban J connectivity index is 2.45. The monoisotopic (exact) mass is 304 g/mol. The highest BCUT2D eigenvalue weighted by Crippen LogP contribution is 2.20. The van der Waals surface area contributed by atoms with E-state index in [1.54, 1.807) is 6.92 Å². The predicted octanol–water partition coefficient (Wildman–Crippen LogP) is 3.16. The van der Waals surface area contributed by atoms with E-state index in [1.165, 1.54) is 18.2 Å². The van der Waals surface area contributed by atoms with Crippen LogP contribution in [0.2, 0.25) is 0 Å². The standard InChI is InChI=1S/C13H15F3N2O3/c1-8-7-9(3-4-10(8)11(19)20)18-12(21)17-6-2-5-13(14,15)16/h3-4,7H,2,5-6H2,1H3,(H,19,20)(H2,17,18,21). The van der Waals surface area contributed by atoms with Crippen molar-refractivity contribution in [2.75, 3.05) is 11.9 Å². The van der Waals surface area contributed by atoms with Gasteiger partial charge in [0.05, 0.1) is 5.56 Å². The van der Waals surface area contributed by atoms with Gasteiger partial charge in [-0.2, -0.15) is 13.2 Å². The summed E-state index contributed by atoms with van der Waals surface area (Å²) in [7, 11) is 0. The molecule has 0 bridgehead atoms. The fourth-order valence-electron chi connectivity index (χ4n) is 1.65. The van der Waals surface area contributed by atoms with Gasteiger partial charge in [0.15, 0.2) is 0 Å². The van der Waals surface area contributed by atoms with Crippen molar-refractivity contribution in [2.45, 2.75) is 25.9 Å². The summed E-state index contributed by atoms with van der Waals surface area (Å²) in [6.07, 6.45) is -5.39. The molecule has 0 atom stereocenters. The van der Waals surface area contributed by atoms with E-state index >= 15 is 0 Å². The number of amides is 2. The summed E-state index contributed by atoms with van der Waals surface area (Å²) in [5, 5.41) is 13.6. The smallest absolute Gasteiger partial charge is 0.389 e. The number of aryl methyl sites for hydroxylation is 1. The van der Waals surface area contributed by atoms with Crippen molar-refractivity contribution < 1.29 is 27.9 Å². The van der Waals surface area contributed by atoms with Crippen LogP contribution >= 0.6 is 0 Å². The largest absolute Gasteiger partial charge is 0.478 e. The number of benzene rings is 1. The minimum atomic E-state index is -4.23. The molecule has 0 heterocycles. The van der Waals surface area contributed by atoms with Gasteiger partial charge in [-0.05, 0) is 37.1 Å². The number of carboxylic acids is 1. The van der Waals surface area contributed by atoms with E-state index in [9.17, 15) is 22.8 Å². The van der Waals surface area contributed by atoms with Crippen LogP contribution in [-0.4, -0.2) is 29.8 Å². The van der Waals surface area contributed by atoms with Gasteiger partial charge < -0.3 is 15.7 Å². The minimum absolute atomic E-state index is 0.0997. The zero-order chi connectivity index (χ0) is 16.0. The molecule has 2 amide bonds. The third kappa shape index (κ3) is 6.15. The highest BCUT2D eigenvalue weighted by Gasteiger charge is 2.25. The van der Waals surface area contributed by atoms with Gasteiger partial charge in [-0.25, -0.2) is 9.59 Å². The molecule has 0 saturated carbocycles. The summed E-state index contributed by atoms with van der Waals surface area (Å²) >= 11 is 0. The number of halogens is 3. The van der Waals surface area contributed by atoms with Gasteiger partial charge in [-0.1, -0.05) is 0 Å². The SMILES string of the molecule is Cc1cc(NC(=O)NCCCC(F)(F)F)ccc1C(=O)O. The molecule has 0 aromatic heterocycles. The zero-order valence-electron chi connectivity index (χ0n) is 11.3. The van der Waals surface area contributed by atoms with Crippen molar-refractivity contribution in [1.82, 2.24) is 5.32 Å². The molecule has 0 fully saturated rings. The number of urea groups is 1. The van der Waals surface area contributed by atoms with E-state index in [4.69, 9.17) is 5.11 Å². The average molecular weight is 304 g/mol. The van der Waals surface area contributed by atoms with E-state index < -0.39 is 24.6 Å². The van der Waals surface area contributed by atoms with Crippen LogP contribution in [-0.2, 0) is 0 Å². The Labute approximate surface area is 119 Å². The van der Waals surface area contributed by atoms with Crippen molar-refractivity contribution >= 4 is 17.7 Å². The quantitative estimate of drug-likeness (QED) is 0.731. The van der Waals surface area contributed by atoms with Crippen LogP contribution in [0.3, 0.4) is 0 Å². The molecular formula is C13H15F3N2O3. The first-order chi connectivity index (χ1) is 9.69. The number of alkyl halides is 3. The molecule has 1 rings (SSSR count). The molecule has 5 nitrogen and oxygen atoms in total. The average Bonchev–Trinajstić information content (AvgIpc) is 2.33. The second kappa shape index (κ2) is 6.96. The molecule has 0 aliphatic carbocycles. The Morgan fingerprint density at radius 1 is 1.29 bits per heavy atom. The number of hydrogen-bond acceptors (Lipinski definition) is 2. The minimum Gasteiger partial charge on any atom is -0.478 e. The molecule has 3 N–H and O–H groups in total. The zero-order valence-corrected chi connectivity index (χ0v) is 11.3. The molecule has 0 spiro atoms. The molecule has 8 heteroatoms. The third-order valence-electron chi connectivity index (χ3n) is 2.64. The van der Waals surface area contributed by atoms with E-state index in [2.05, 4.69) is 10.6 Å². The Bertz CT molecular complexity index is 530. The number of carbonyl (C=O) groups is 2. The van der Waals surface area contributed by atoms with E-state index in [-0.39, 0.29) is 18.5 Å². The van der Waals surface area contributed by atoms with Crippen molar-refractivity contribution in [3.05, 3.63) is 29.3 Å². The first kappa shape index (κ1) is 16.8. The maximum absolute atomic E-state index is 11.9. The highest BCUT2D eigenvalue weighted by atomic mass is 19.4. The number of hydrogen-bond donors (Lipinski definition) is 3. The van der Waals surface area contributed by atoms with Gasteiger partial charge in [0.1, 0.15) is 0 Å². The molecular weight excluding hydrogens is 289 g/mol. The normalized spacial score (nSPS) is 11.0. The van der Waals surface area contributed by atoms with Crippen molar-refractivity contribution in [3.8, 4) is 0 Å². The van der Waals surface area contributed by atoms with Gasteiger partial charge in [0.25, 0.3) is 0 Å². The Hall–Kier alpha value is -2.25. The summed E-state index contributed by atoms with van der Waals surface area (Å²) in [5.41, 5.74) is 0.953. The lowest BCUT2D eigenvalue weighted by Crippen LogP contribution is -2.30. The third-order valence-corrected chi connectivity index (χ3v) is 2.64. The van der Waals surface area contributed by atoms with Crippen LogP contribution in [0.25, 0.3) is 0 Å². The second-order valence-electron chi connectivity index (χ2n) is 4.43. The summed E-state index contributed by atoms with van der Waals surface area (Å²) in [5.74, 6) is -1.07. The first-order valence-corrected chi connectivity index (χ1v) is 6.14. The van der Waals surface area contributed by atoms with Crippen molar-refractivity contribution in [1.29, 1.82) is 0 Å². The Kier molecular flexibility index (Phi) is 5.57. The molecule has 0 aliphatic rings. The van der Waals surface area contributed by atoms with Gasteiger partial charge in [0.2, 0.25) is 0 Å². The fraction of sp³-hybridized carbons (Fsp3) is 0.385. The van der Waals surface area contributed by atoms with Gasteiger partial charge >= 0.3 is 18.2 Å². The van der Waals surface area contributed by atoms with Crippen LogP contribution < -0.4 is 10.6 Å². The van der Waals surface area contributed by atoms with Crippen LogP contribution in [0.5, 0.6) is 0 Å². The fourth-order valence-corrected chi connectivity index (χ4v) is 1.65. The molecule has 0 saturated heterocycles. The maximum Gasteiger partial charge on any atom is 0.389 e. The van der Waals surface area contributed by atoms with E-state index in [0.29, 0.717) is 11.3 Å². The molecule has 1 aromatic rings. The summed E-state index contributed by atoms with van der Waals surface area (Å²) < 4.78 is 35.7.